The number of carbonyl (C=O) groups is 3. The Bertz CT molecular complexity index is 1050. The van der Waals surface area contributed by atoms with E-state index in [0.29, 0.717) is 34.4 Å². The topological polar surface area (TPSA) is 106 Å². The summed E-state index contributed by atoms with van der Waals surface area (Å²) in [6.07, 6.45) is 1.41. The van der Waals surface area contributed by atoms with E-state index in [2.05, 4.69) is 16.0 Å². The van der Waals surface area contributed by atoms with E-state index in [1.54, 1.807) is 49.4 Å². The third-order valence-corrected chi connectivity index (χ3v) is 4.46. The predicted molar refractivity (Wildman–Crippen MR) is 120 cm³/mol. The Kier molecular flexibility index (Phi) is 7.22. The van der Waals surface area contributed by atoms with Gasteiger partial charge in [0.05, 0.1) is 6.61 Å². The summed E-state index contributed by atoms with van der Waals surface area (Å²) >= 11 is 10.6. The van der Waals surface area contributed by atoms with Gasteiger partial charge >= 0.3 is 0 Å². The highest BCUT2D eigenvalue weighted by atomic mass is 35.5. The quantitative estimate of drug-likeness (QED) is 0.334. The lowest BCUT2D eigenvalue weighted by molar-refractivity contribution is -0.123. The van der Waals surface area contributed by atoms with Crippen LogP contribution >= 0.6 is 23.8 Å². The minimum Gasteiger partial charge on any atom is -0.490 e. The average Bonchev–Trinajstić information content (AvgIpc) is 2.72. The first kappa shape index (κ1) is 22.3. The van der Waals surface area contributed by atoms with Gasteiger partial charge in [-0.2, -0.15) is 0 Å². The van der Waals surface area contributed by atoms with Gasteiger partial charge in [0.1, 0.15) is 5.57 Å². The van der Waals surface area contributed by atoms with E-state index in [1.165, 1.54) is 6.08 Å². The SMILES string of the molecule is CCOc1cc(C=C2C(=O)NC(=S)NC2=O)ccc1OCC(=O)Nc1ccc(Cl)cc1. The molecule has 10 heteroatoms. The molecule has 0 aliphatic carbocycles. The first-order valence-corrected chi connectivity index (χ1v) is 9.97. The van der Waals surface area contributed by atoms with Crippen LogP contribution < -0.4 is 25.4 Å². The number of carbonyl (C=O) groups excluding carboxylic acids is 3. The van der Waals surface area contributed by atoms with Gasteiger partial charge in [0.15, 0.2) is 23.2 Å². The standard InChI is InChI=1S/C21H18ClN3O5S/c1-2-29-17-10-12(9-15-19(27)24-21(31)25-20(15)28)3-8-16(17)30-11-18(26)23-14-6-4-13(22)5-7-14/h3-10H,2,11H2,1H3,(H,23,26)(H2,24,25,27,28,31). The minimum atomic E-state index is -0.592. The van der Waals surface area contributed by atoms with Crippen molar-refractivity contribution in [2.75, 3.05) is 18.5 Å². The number of rotatable bonds is 7. The molecule has 0 aromatic heterocycles. The van der Waals surface area contributed by atoms with Crippen LogP contribution in [0.4, 0.5) is 5.69 Å². The maximum atomic E-state index is 12.1. The van der Waals surface area contributed by atoms with E-state index < -0.39 is 11.8 Å². The molecule has 2 aromatic rings. The van der Waals surface area contributed by atoms with E-state index >= 15 is 0 Å². The van der Waals surface area contributed by atoms with Crippen molar-refractivity contribution in [3.8, 4) is 11.5 Å². The van der Waals surface area contributed by atoms with Gasteiger partial charge in [-0.3, -0.25) is 25.0 Å². The molecule has 3 N–H and O–H groups in total. The van der Waals surface area contributed by atoms with Crippen LogP contribution in [0.1, 0.15) is 12.5 Å². The molecule has 0 spiro atoms. The zero-order chi connectivity index (χ0) is 22.4. The molecule has 1 saturated heterocycles. The fourth-order valence-electron chi connectivity index (χ4n) is 2.65. The monoisotopic (exact) mass is 459 g/mol. The highest BCUT2D eigenvalue weighted by molar-refractivity contribution is 7.80. The number of amides is 3. The number of anilines is 1. The van der Waals surface area contributed by atoms with E-state index in [-0.39, 0.29) is 23.2 Å². The second kappa shape index (κ2) is 10.1. The van der Waals surface area contributed by atoms with Gasteiger partial charge in [0, 0.05) is 10.7 Å². The lowest BCUT2D eigenvalue weighted by Gasteiger charge is -2.17. The molecular formula is C21H18ClN3O5S. The molecule has 0 unspecified atom stereocenters. The molecule has 1 heterocycles. The van der Waals surface area contributed by atoms with Crippen molar-refractivity contribution in [2.24, 2.45) is 0 Å². The molecule has 1 aliphatic heterocycles. The van der Waals surface area contributed by atoms with E-state index in [4.69, 9.17) is 33.3 Å². The normalized spacial score (nSPS) is 13.2. The zero-order valence-electron chi connectivity index (χ0n) is 16.4. The summed E-state index contributed by atoms with van der Waals surface area (Å²) in [6, 6.07) is 11.5. The fourth-order valence-corrected chi connectivity index (χ4v) is 2.96. The molecule has 160 valence electrons. The van der Waals surface area contributed by atoms with Gasteiger partial charge < -0.3 is 14.8 Å². The van der Waals surface area contributed by atoms with Crippen molar-refractivity contribution in [2.45, 2.75) is 6.92 Å². The maximum Gasteiger partial charge on any atom is 0.263 e. The maximum absolute atomic E-state index is 12.1. The molecule has 2 aromatic carbocycles. The number of hydrogen-bond acceptors (Lipinski definition) is 6. The molecule has 0 radical (unpaired) electrons. The number of halogens is 1. The van der Waals surface area contributed by atoms with Crippen molar-refractivity contribution in [1.29, 1.82) is 0 Å². The molecule has 3 rings (SSSR count). The van der Waals surface area contributed by atoms with Crippen LogP contribution in [0.5, 0.6) is 11.5 Å². The van der Waals surface area contributed by atoms with E-state index in [0.717, 1.165) is 0 Å². The van der Waals surface area contributed by atoms with Gasteiger partial charge in [-0.1, -0.05) is 17.7 Å². The molecule has 0 bridgehead atoms. The Labute approximate surface area is 188 Å². The Morgan fingerprint density at radius 2 is 1.74 bits per heavy atom. The zero-order valence-corrected chi connectivity index (χ0v) is 17.9. The lowest BCUT2D eigenvalue weighted by Crippen LogP contribution is -2.51. The van der Waals surface area contributed by atoms with Crippen LogP contribution in [0.15, 0.2) is 48.0 Å². The largest absolute Gasteiger partial charge is 0.490 e. The Hall–Kier alpha value is -3.43. The summed E-state index contributed by atoms with van der Waals surface area (Å²) < 4.78 is 11.2. The highest BCUT2D eigenvalue weighted by Gasteiger charge is 2.25. The fraction of sp³-hybridized carbons (Fsp3) is 0.143. The smallest absolute Gasteiger partial charge is 0.263 e. The van der Waals surface area contributed by atoms with Crippen LogP contribution in [0.3, 0.4) is 0 Å². The Balaban J connectivity index is 1.71. The van der Waals surface area contributed by atoms with Crippen LogP contribution in [0.2, 0.25) is 5.02 Å². The second-order valence-corrected chi connectivity index (χ2v) is 7.12. The summed E-state index contributed by atoms with van der Waals surface area (Å²) in [7, 11) is 0. The first-order chi connectivity index (χ1) is 14.9. The van der Waals surface area contributed by atoms with E-state index in [9.17, 15) is 14.4 Å². The summed E-state index contributed by atoms with van der Waals surface area (Å²) in [6.45, 7) is 1.90. The van der Waals surface area contributed by atoms with Gasteiger partial charge in [0.2, 0.25) is 0 Å². The number of ether oxygens (including phenoxy) is 2. The average molecular weight is 460 g/mol. The van der Waals surface area contributed by atoms with Gasteiger partial charge in [-0.05, 0) is 67.2 Å². The second-order valence-electron chi connectivity index (χ2n) is 6.28. The van der Waals surface area contributed by atoms with Crippen LogP contribution in [-0.4, -0.2) is 36.0 Å². The van der Waals surface area contributed by atoms with Crippen LogP contribution in [0.25, 0.3) is 6.08 Å². The molecule has 31 heavy (non-hydrogen) atoms. The number of thiocarbonyl (C=S) groups is 1. The van der Waals surface area contributed by atoms with Crippen LogP contribution in [0, 0.1) is 0 Å². The first-order valence-electron chi connectivity index (χ1n) is 9.19. The summed E-state index contributed by atoms with van der Waals surface area (Å²) in [4.78, 5) is 36.2. The molecule has 8 nitrogen and oxygen atoms in total. The Morgan fingerprint density at radius 3 is 2.39 bits per heavy atom. The molecule has 0 atom stereocenters. The summed E-state index contributed by atoms with van der Waals surface area (Å²) in [5.41, 5.74) is 1.04. The molecule has 0 saturated carbocycles. The third-order valence-electron chi connectivity index (χ3n) is 4.01. The minimum absolute atomic E-state index is 0.0391. The van der Waals surface area contributed by atoms with Crippen molar-refractivity contribution in [1.82, 2.24) is 10.6 Å². The van der Waals surface area contributed by atoms with Crippen molar-refractivity contribution < 1.29 is 23.9 Å². The van der Waals surface area contributed by atoms with Crippen molar-refractivity contribution >= 4 is 58.4 Å². The van der Waals surface area contributed by atoms with Crippen molar-refractivity contribution in [3.63, 3.8) is 0 Å². The van der Waals surface area contributed by atoms with Crippen LogP contribution in [-0.2, 0) is 14.4 Å². The van der Waals surface area contributed by atoms with Crippen molar-refractivity contribution in [3.05, 3.63) is 58.6 Å². The van der Waals surface area contributed by atoms with Gasteiger partial charge in [-0.15, -0.1) is 0 Å². The highest BCUT2D eigenvalue weighted by Crippen LogP contribution is 2.29. The predicted octanol–water partition coefficient (Wildman–Crippen LogP) is 2.67. The Morgan fingerprint density at radius 1 is 1.06 bits per heavy atom. The molecular weight excluding hydrogens is 442 g/mol. The van der Waals surface area contributed by atoms with Gasteiger partial charge in [-0.25, -0.2) is 0 Å². The summed E-state index contributed by atoms with van der Waals surface area (Å²) in [5.74, 6) is -0.837. The molecule has 1 aliphatic rings. The van der Waals surface area contributed by atoms with E-state index in [1.807, 2.05) is 0 Å². The third kappa shape index (κ3) is 6.03. The number of benzene rings is 2. The summed E-state index contributed by atoms with van der Waals surface area (Å²) in [5, 5.41) is 7.97. The number of hydrogen-bond donors (Lipinski definition) is 3. The molecule has 1 fully saturated rings. The van der Waals surface area contributed by atoms with Gasteiger partial charge in [0.25, 0.3) is 17.7 Å². The number of nitrogens with one attached hydrogen (secondary N) is 3. The molecule has 3 amide bonds. The lowest BCUT2D eigenvalue weighted by atomic mass is 10.1.